The van der Waals surface area contributed by atoms with Crippen LogP contribution in [0.25, 0.3) is 0 Å². The number of nitrogens with zero attached hydrogens (tertiary/aromatic N) is 1. The largest absolute Gasteiger partial charge is 0.496 e. The zero-order valence-electron chi connectivity index (χ0n) is 15.9. The van der Waals surface area contributed by atoms with Crippen molar-refractivity contribution < 1.29 is 9.47 Å². The summed E-state index contributed by atoms with van der Waals surface area (Å²) in [6.07, 6.45) is 2.21. The molecule has 3 rings (SSSR count). The number of methoxy groups -OCH3 is 2. The lowest BCUT2D eigenvalue weighted by atomic mass is 10.1. The topological polar surface area (TPSA) is 21.7 Å². The van der Waals surface area contributed by atoms with Crippen LogP contribution in [0, 0.1) is 0 Å². The highest BCUT2D eigenvalue weighted by Gasteiger charge is 2.36. The first-order valence-electron chi connectivity index (χ1n) is 8.99. The molecule has 1 aliphatic heterocycles. The SMILES string of the molecule is COc1ccc(Br)cc1CSc1c(Cl)cccc1CN1CCCC1(C)OC. The second-order valence-electron chi connectivity index (χ2n) is 6.88. The van der Waals surface area contributed by atoms with Gasteiger partial charge in [0.2, 0.25) is 0 Å². The van der Waals surface area contributed by atoms with Crippen LogP contribution in [-0.4, -0.2) is 31.4 Å². The average Bonchev–Trinajstić information content (AvgIpc) is 3.02. The van der Waals surface area contributed by atoms with Crippen molar-refractivity contribution in [1.82, 2.24) is 4.90 Å². The standard InChI is InChI=1S/C21H25BrClNO2S/c1-21(26-3)10-5-11-24(21)13-15-6-4-7-18(23)20(15)27-14-16-12-17(22)8-9-19(16)25-2/h4,6-9,12H,5,10-11,13-14H2,1-3H3. The fourth-order valence-corrected chi connectivity index (χ4v) is 5.34. The van der Waals surface area contributed by atoms with E-state index in [9.17, 15) is 0 Å². The highest BCUT2D eigenvalue weighted by molar-refractivity contribution is 9.10. The Hall–Kier alpha value is -0.720. The minimum absolute atomic E-state index is 0.197. The third-order valence-corrected chi connectivity index (χ3v) is 7.35. The molecule has 2 aromatic rings. The number of benzene rings is 2. The molecule has 27 heavy (non-hydrogen) atoms. The number of hydrogen-bond acceptors (Lipinski definition) is 4. The molecule has 3 nitrogen and oxygen atoms in total. The molecule has 1 heterocycles. The van der Waals surface area contributed by atoms with Gasteiger partial charge in [-0.1, -0.05) is 39.7 Å². The van der Waals surface area contributed by atoms with Crippen LogP contribution in [0.1, 0.15) is 30.9 Å². The second-order valence-corrected chi connectivity index (χ2v) is 9.19. The molecular formula is C21H25BrClNO2S. The second kappa shape index (κ2) is 9.19. The Morgan fingerprint density at radius 3 is 2.78 bits per heavy atom. The summed E-state index contributed by atoms with van der Waals surface area (Å²) in [5, 5.41) is 0.796. The van der Waals surface area contributed by atoms with E-state index in [1.807, 2.05) is 24.3 Å². The van der Waals surface area contributed by atoms with Crippen LogP contribution < -0.4 is 4.74 Å². The summed E-state index contributed by atoms with van der Waals surface area (Å²) in [5.41, 5.74) is 2.19. The van der Waals surface area contributed by atoms with E-state index in [0.29, 0.717) is 0 Å². The highest BCUT2D eigenvalue weighted by Crippen LogP contribution is 2.38. The van der Waals surface area contributed by atoms with Gasteiger partial charge >= 0.3 is 0 Å². The summed E-state index contributed by atoms with van der Waals surface area (Å²) in [4.78, 5) is 3.54. The molecule has 1 fully saturated rings. The molecule has 0 radical (unpaired) electrons. The van der Waals surface area contributed by atoms with Gasteiger partial charge in [-0.25, -0.2) is 0 Å². The fraction of sp³-hybridized carbons (Fsp3) is 0.429. The maximum absolute atomic E-state index is 6.58. The van der Waals surface area contributed by atoms with Crippen molar-refractivity contribution in [2.24, 2.45) is 0 Å². The van der Waals surface area contributed by atoms with Crippen molar-refractivity contribution in [3.8, 4) is 5.75 Å². The Balaban J connectivity index is 1.81. The van der Waals surface area contributed by atoms with Crippen molar-refractivity contribution in [1.29, 1.82) is 0 Å². The molecule has 0 N–H and O–H groups in total. The Morgan fingerprint density at radius 2 is 2.04 bits per heavy atom. The van der Waals surface area contributed by atoms with Crippen LogP contribution in [0.4, 0.5) is 0 Å². The summed E-state index contributed by atoms with van der Waals surface area (Å²) < 4.78 is 12.3. The third kappa shape index (κ3) is 4.83. The van der Waals surface area contributed by atoms with Crippen LogP contribution in [-0.2, 0) is 17.0 Å². The number of hydrogen-bond donors (Lipinski definition) is 0. The number of likely N-dealkylation sites (tertiary alicyclic amines) is 1. The van der Waals surface area contributed by atoms with Gasteiger partial charge < -0.3 is 9.47 Å². The van der Waals surface area contributed by atoms with E-state index >= 15 is 0 Å². The van der Waals surface area contributed by atoms with Crippen molar-refractivity contribution >= 4 is 39.3 Å². The smallest absolute Gasteiger partial charge is 0.122 e. The van der Waals surface area contributed by atoms with Crippen LogP contribution in [0.2, 0.25) is 5.02 Å². The van der Waals surface area contributed by atoms with Crippen LogP contribution in [0.15, 0.2) is 45.8 Å². The van der Waals surface area contributed by atoms with Crippen molar-refractivity contribution in [2.75, 3.05) is 20.8 Å². The Morgan fingerprint density at radius 1 is 1.22 bits per heavy atom. The van der Waals surface area contributed by atoms with E-state index in [4.69, 9.17) is 21.1 Å². The van der Waals surface area contributed by atoms with Gasteiger partial charge in [-0.3, -0.25) is 4.90 Å². The van der Waals surface area contributed by atoms with Crippen LogP contribution in [0.5, 0.6) is 5.75 Å². The Bertz CT molecular complexity index is 804. The molecule has 0 amide bonds. The summed E-state index contributed by atoms with van der Waals surface area (Å²) in [6.45, 7) is 4.05. The lowest BCUT2D eigenvalue weighted by Crippen LogP contribution is -2.42. The van der Waals surface area contributed by atoms with Crippen molar-refractivity contribution in [3.05, 3.63) is 57.0 Å². The lowest BCUT2D eigenvalue weighted by molar-refractivity contribution is -0.102. The third-order valence-electron chi connectivity index (χ3n) is 5.20. The van der Waals surface area contributed by atoms with Gasteiger partial charge in [-0.05, 0) is 49.6 Å². The Kier molecular flexibility index (Phi) is 7.14. The van der Waals surface area contributed by atoms with Crippen molar-refractivity contribution in [2.45, 2.75) is 42.7 Å². The predicted octanol–water partition coefficient (Wildman–Crippen LogP) is 6.36. The molecule has 0 bridgehead atoms. The maximum atomic E-state index is 6.58. The van der Waals surface area contributed by atoms with E-state index in [1.165, 1.54) is 5.56 Å². The van der Waals surface area contributed by atoms with E-state index in [1.54, 1.807) is 26.0 Å². The van der Waals surface area contributed by atoms with E-state index in [2.05, 4.69) is 39.9 Å². The van der Waals surface area contributed by atoms with Crippen LogP contribution in [0.3, 0.4) is 0 Å². The normalized spacial score (nSPS) is 20.2. The molecule has 1 saturated heterocycles. The monoisotopic (exact) mass is 469 g/mol. The summed E-state index contributed by atoms with van der Waals surface area (Å²) in [5.74, 6) is 1.69. The average molecular weight is 471 g/mol. The zero-order chi connectivity index (χ0) is 19.4. The van der Waals surface area contributed by atoms with Gasteiger partial charge in [-0.2, -0.15) is 0 Å². The maximum Gasteiger partial charge on any atom is 0.122 e. The number of ether oxygens (including phenoxy) is 2. The van der Waals surface area contributed by atoms with Gasteiger partial charge in [0.15, 0.2) is 0 Å². The number of halogens is 2. The van der Waals surface area contributed by atoms with Gasteiger partial charge in [-0.15, -0.1) is 11.8 Å². The van der Waals surface area contributed by atoms with E-state index in [-0.39, 0.29) is 5.72 Å². The molecule has 6 heteroatoms. The molecule has 1 unspecified atom stereocenters. The number of thioether (sulfide) groups is 1. The first kappa shape index (κ1) is 21.0. The molecule has 1 atom stereocenters. The molecule has 0 saturated carbocycles. The van der Waals surface area contributed by atoms with E-state index in [0.717, 1.165) is 57.4 Å². The van der Waals surface area contributed by atoms with E-state index < -0.39 is 0 Å². The molecule has 1 aliphatic rings. The summed E-state index contributed by atoms with van der Waals surface area (Å²) >= 11 is 11.9. The van der Waals surface area contributed by atoms with Gasteiger partial charge in [0, 0.05) is 40.9 Å². The highest BCUT2D eigenvalue weighted by atomic mass is 79.9. The lowest BCUT2D eigenvalue weighted by Gasteiger charge is -2.34. The molecular weight excluding hydrogens is 446 g/mol. The van der Waals surface area contributed by atoms with Gasteiger partial charge in [0.1, 0.15) is 11.5 Å². The number of rotatable bonds is 7. The quantitative estimate of drug-likeness (QED) is 0.439. The molecule has 0 aromatic heterocycles. The predicted molar refractivity (Wildman–Crippen MR) is 117 cm³/mol. The molecule has 0 aliphatic carbocycles. The molecule has 2 aromatic carbocycles. The minimum atomic E-state index is -0.197. The Labute approximate surface area is 179 Å². The first-order valence-corrected chi connectivity index (χ1v) is 11.2. The van der Waals surface area contributed by atoms with Gasteiger partial charge in [0.25, 0.3) is 0 Å². The van der Waals surface area contributed by atoms with Crippen LogP contribution >= 0.6 is 39.3 Å². The van der Waals surface area contributed by atoms with Gasteiger partial charge in [0.05, 0.1) is 12.1 Å². The summed E-state index contributed by atoms with van der Waals surface area (Å²) in [7, 11) is 3.50. The first-order chi connectivity index (χ1) is 13.0. The fourth-order valence-electron chi connectivity index (χ4n) is 3.53. The molecule has 0 spiro atoms. The minimum Gasteiger partial charge on any atom is -0.496 e. The molecule has 146 valence electrons. The van der Waals surface area contributed by atoms with Crippen molar-refractivity contribution in [3.63, 3.8) is 0 Å². The zero-order valence-corrected chi connectivity index (χ0v) is 19.1. The summed E-state index contributed by atoms with van der Waals surface area (Å²) in [6, 6.07) is 12.2.